The van der Waals surface area contributed by atoms with Crippen LogP contribution in [0.5, 0.6) is 0 Å². The Morgan fingerprint density at radius 2 is 1.86 bits per heavy atom. The van der Waals surface area contributed by atoms with Crippen LogP contribution in [0.15, 0.2) is 42.0 Å². The van der Waals surface area contributed by atoms with Crippen LogP contribution < -0.4 is 0 Å². The van der Waals surface area contributed by atoms with Crippen molar-refractivity contribution in [3.05, 3.63) is 47.5 Å². The monoisotopic (exact) mass is 301 g/mol. The Balaban J connectivity index is 1.72. The maximum Gasteiger partial charge on any atom is 0.0713 e. The number of benzene rings is 1. The van der Waals surface area contributed by atoms with Gasteiger partial charge in [-0.15, -0.1) is 0 Å². The average molecular weight is 301 g/mol. The topological polar surface area (TPSA) is 32.7 Å². The Morgan fingerprint density at radius 3 is 2.45 bits per heavy atom. The first kappa shape index (κ1) is 15.7. The number of rotatable bonds is 4. The number of fused-ring (bicyclic) bond motifs is 2. The van der Waals surface area contributed by atoms with Crippen LogP contribution in [0.3, 0.4) is 0 Å². The molecule has 2 atom stereocenters. The van der Waals surface area contributed by atoms with Crippen LogP contribution >= 0.6 is 0 Å². The highest BCUT2D eigenvalue weighted by Gasteiger charge is 2.45. The quantitative estimate of drug-likeness (QED) is 0.867. The number of hydrogen-bond donors (Lipinski definition) is 1. The van der Waals surface area contributed by atoms with Crippen molar-refractivity contribution in [2.45, 2.75) is 57.3 Å². The molecule has 2 fully saturated rings. The summed E-state index contributed by atoms with van der Waals surface area (Å²) in [6.07, 6.45) is 4.55. The van der Waals surface area contributed by atoms with E-state index in [2.05, 4.69) is 55.2 Å². The van der Waals surface area contributed by atoms with E-state index >= 15 is 0 Å². The van der Waals surface area contributed by atoms with Gasteiger partial charge in [-0.1, -0.05) is 42.0 Å². The zero-order valence-corrected chi connectivity index (χ0v) is 13.7. The number of aliphatic hydroxyl groups is 1. The molecule has 1 aromatic carbocycles. The molecule has 2 saturated heterocycles. The predicted molar refractivity (Wildman–Crippen MR) is 88.6 cm³/mol. The molecule has 0 spiro atoms. The lowest BCUT2D eigenvalue weighted by atomic mass is 9.78. The lowest BCUT2D eigenvalue weighted by Gasteiger charge is -2.51. The van der Waals surface area contributed by atoms with Crippen LogP contribution in [0.2, 0.25) is 0 Å². The van der Waals surface area contributed by atoms with E-state index in [4.69, 9.17) is 4.74 Å². The molecule has 0 radical (unpaired) electrons. The van der Waals surface area contributed by atoms with Crippen LogP contribution in [-0.4, -0.2) is 40.9 Å². The number of hydrogen-bond acceptors (Lipinski definition) is 3. The molecule has 3 nitrogen and oxygen atoms in total. The highest BCUT2D eigenvalue weighted by molar-refractivity contribution is 5.16. The molecule has 0 aliphatic carbocycles. The second-order valence-electron chi connectivity index (χ2n) is 7.12. The lowest BCUT2D eigenvalue weighted by Crippen LogP contribution is -2.61. The van der Waals surface area contributed by atoms with E-state index in [-0.39, 0.29) is 0 Å². The second-order valence-corrected chi connectivity index (χ2v) is 7.12. The smallest absolute Gasteiger partial charge is 0.0713 e. The lowest BCUT2D eigenvalue weighted by molar-refractivity contribution is -0.144. The third-order valence-corrected chi connectivity index (χ3v) is 4.89. The zero-order chi connectivity index (χ0) is 15.6. The SMILES string of the molecule is CC(C)=CCC1(O)CC2COCC(C1)N2Cc1ccccc1. The van der Waals surface area contributed by atoms with Crippen molar-refractivity contribution in [3.8, 4) is 0 Å². The van der Waals surface area contributed by atoms with Crippen LogP contribution in [0.25, 0.3) is 0 Å². The van der Waals surface area contributed by atoms with Crippen molar-refractivity contribution in [3.63, 3.8) is 0 Å². The van der Waals surface area contributed by atoms with E-state index in [1.165, 1.54) is 11.1 Å². The molecule has 2 heterocycles. The Morgan fingerprint density at radius 1 is 1.23 bits per heavy atom. The van der Waals surface area contributed by atoms with Crippen molar-refractivity contribution in [1.29, 1.82) is 0 Å². The van der Waals surface area contributed by atoms with Gasteiger partial charge in [0.25, 0.3) is 0 Å². The van der Waals surface area contributed by atoms with Gasteiger partial charge in [-0.05, 0) is 38.7 Å². The molecule has 2 aliphatic rings. The van der Waals surface area contributed by atoms with Crippen molar-refractivity contribution < 1.29 is 9.84 Å². The summed E-state index contributed by atoms with van der Waals surface area (Å²) in [4.78, 5) is 2.54. The molecule has 3 heteroatoms. The molecule has 3 rings (SSSR count). The van der Waals surface area contributed by atoms with Gasteiger partial charge in [0.2, 0.25) is 0 Å². The van der Waals surface area contributed by atoms with Gasteiger partial charge in [0.05, 0.1) is 18.8 Å². The molecule has 2 unspecified atom stereocenters. The molecular weight excluding hydrogens is 274 g/mol. The molecule has 1 aromatic rings. The standard InChI is InChI=1S/C19H27NO2/c1-15(2)8-9-19(21)10-17-13-22-14-18(11-19)20(17)12-16-6-4-3-5-7-16/h3-8,17-18,21H,9-14H2,1-2H3. The molecule has 0 aromatic heterocycles. The number of piperidine rings is 1. The van der Waals surface area contributed by atoms with Gasteiger partial charge < -0.3 is 9.84 Å². The van der Waals surface area contributed by atoms with E-state index in [0.717, 1.165) is 39.0 Å². The number of ether oxygens (including phenoxy) is 1. The number of nitrogens with zero attached hydrogens (tertiary/aromatic N) is 1. The number of morpholine rings is 1. The Bertz CT molecular complexity index is 507. The zero-order valence-electron chi connectivity index (χ0n) is 13.7. The summed E-state index contributed by atoms with van der Waals surface area (Å²) in [5.74, 6) is 0. The van der Waals surface area contributed by atoms with E-state index < -0.39 is 5.60 Å². The van der Waals surface area contributed by atoms with Crippen molar-refractivity contribution >= 4 is 0 Å². The third kappa shape index (κ3) is 3.60. The average Bonchev–Trinajstić information content (AvgIpc) is 2.48. The van der Waals surface area contributed by atoms with Gasteiger partial charge in [0.15, 0.2) is 0 Å². The molecule has 120 valence electrons. The largest absolute Gasteiger partial charge is 0.389 e. The molecule has 22 heavy (non-hydrogen) atoms. The Labute approximate surface area is 133 Å². The van der Waals surface area contributed by atoms with Crippen molar-refractivity contribution in [2.75, 3.05) is 13.2 Å². The van der Waals surface area contributed by atoms with E-state index in [1.54, 1.807) is 0 Å². The van der Waals surface area contributed by atoms with E-state index in [0.29, 0.717) is 12.1 Å². The van der Waals surface area contributed by atoms with Gasteiger partial charge >= 0.3 is 0 Å². The fourth-order valence-corrected chi connectivity index (χ4v) is 3.76. The third-order valence-electron chi connectivity index (χ3n) is 4.89. The van der Waals surface area contributed by atoms with Gasteiger partial charge in [-0.3, -0.25) is 4.90 Å². The first-order valence-electron chi connectivity index (χ1n) is 8.29. The summed E-state index contributed by atoms with van der Waals surface area (Å²) in [6.45, 7) is 6.62. The fourth-order valence-electron chi connectivity index (χ4n) is 3.76. The minimum absolute atomic E-state index is 0.322. The highest BCUT2D eigenvalue weighted by atomic mass is 16.5. The Hall–Kier alpha value is -1.16. The summed E-state index contributed by atoms with van der Waals surface area (Å²) in [6, 6.07) is 11.3. The summed E-state index contributed by atoms with van der Waals surface area (Å²) >= 11 is 0. The van der Waals surface area contributed by atoms with E-state index in [1.807, 2.05) is 0 Å². The Kier molecular flexibility index (Phi) is 4.67. The van der Waals surface area contributed by atoms with Gasteiger partial charge in [-0.25, -0.2) is 0 Å². The van der Waals surface area contributed by atoms with Gasteiger partial charge in [0, 0.05) is 18.6 Å². The first-order chi connectivity index (χ1) is 10.6. The summed E-state index contributed by atoms with van der Waals surface area (Å²) < 4.78 is 5.76. The normalized spacial score (nSPS) is 31.8. The van der Waals surface area contributed by atoms with Crippen molar-refractivity contribution in [2.24, 2.45) is 0 Å². The first-order valence-corrected chi connectivity index (χ1v) is 8.29. The van der Waals surface area contributed by atoms with Crippen LogP contribution in [0, 0.1) is 0 Å². The second kappa shape index (κ2) is 6.53. The van der Waals surface area contributed by atoms with Gasteiger partial charge in [0.1, 0.15) is 0 Å². The maximum absolute atomic E-state index is 11.0. The molecule has 1 N–H and O–H groups in total. The molecule has 0 amide bonds. The minimum atomic E-state index is -0.566. The highest BCUT2D eigenvalue weighted by Crippen LogP contribution is 2.37. The summed E-state index contributed by atoms with van der Waals surface area (Å²) in [7, 11) is 0. The van der Waals surface area contributed by atoms with Crippen molar-refractivity contribution in [1.82, 2.24) is 4.90 Å². The van der Waals surface area contributed by atoms with Crippen LogP contribution in [0.1, 0.15) is 38.7 Å². The summed E-state index contributed by atoms with van der Waals surface area (Å²) in [5, 5.41) is 11.0. The summed E-state index contributed by atoms with van der Waals surface area (Å²) in [5.41, 5.74) is 2.06. The molecular formula is C19H27NO2. The molecule has 2 bridgehead atoms. The van der Waals surface area contributed by atoms with Crippen LogP contribution in [-0.2, 0) is 11.3 Å². The fraction of sp³-hybridized carbons (Fsp3) is 0.579. The molecule has 2 aliphatic heterocycles. The molecule has 0 saturated carbocycles. The maximum atomic E-state index is 11.0. The van der Waals surface area contributed by atoms with Crippen LogP contribution in [0.4, 0.5) is 0 Å². The minimum Gasteiger partial charge on any atom is -0.389 e. The van der Waals surface area contributed by atoms with Gasteiger partial charge in [-0.2, -0.15) is 0 Å². The predicted octanol–water partition coefficient (Wildman–Crippen LogP) is 3.14. The number of allylic oxidation sites excluding steroid dienone is 1. The van der Waals surface area contributed by atoms with E-state index in [9.17, 15) is 5.11 Å².